The summed E-state index contributed by atoms with van der Waals surface area (Å²) in [6, 6.07) is 7.99. The van der Waals surface area contributed by atoms with Crippen molar-refractivity contribution < 1.29 is 4.74 Å². The van der Waals surface area contributed by atoms with Crippen molar-refractivity contribution in [2.24, 2.45) is 0 Å². The maximum atomic E-state index is 6.52. The Hall–Kier alpha value is -0.730. The SMILES string of the molecule is CCCCN(CC)CC(Cl)c1ccccc1OC. The van der Waals surface area contributed by atoms with Gasteiger partial charge in [-0.3, -0.25) is 0 Å². The summed E-state index contributed by atoms with van der Waals surface area (Å²) in [6.07, 6.45) is 2.45. The lowest BCUT2D eigenvalue weighted by atomic mass is 10.1. The molecule has 0 aliphatic heterocycles. The number of unbranched alkanes of at least 4 members (excludes halogenated alkanes) is 1. The number of hydrogen-bond acceptors (Lipinski definition) is 2. The van der Waals surface area contributed by atoms with Crippen molar-refractivity contribution in [3.05, 3.63) is 29.8 Å². The Kier molecular flexibility index (Phi) is 7.14. The Labute approximate surface area is 116 Å². The van der Waals surface area contributed by atoms with Crippen LogP contribution in [0.5, 0.6) is 5.75 Å². The summed E-state index contributed by atoms with van der Waals surface area (Å²) in [4.78, 5) is 2.40. The molecule has 0 aromatic heterocycles. The van der Waals surface area contributed by atoms with Crippen LogP contribution in [0.3, 0.4) is 0 Å². The zero-order chi connectivity index (χ0) is 13.4. The van der Waals surface area contributed by atoms with Crippen LogP contribution in [-0.2, 0) is 0 Å². The van der Waals surface area contributed by atoms with E-state index >= 15 is 0 Å². The van der Waals surface area contributed by atoms with E-state index in [1.165, 1.54) is 12.8 Å². The largest absolute Gasteiger partial charge is 0.496 e. The molecule has 2 nitrogen and oxygen atoms in total. The van der Waals surface area contributed by atoms with Crippen molar-refractivity contribution in [2.45, 2.75) is 32.1 Å². The molecule has 0 fully saturated rings. The minimum Gasteiger partial charge on any atom is -0.496 e. The highest BCUT2D eigenvalue weighted by Crippen LogP contribution is 2.30. The predicted octanol–water partition coefficient (Wildman–Crippen LogP) is 4.10. The Balaban J connectivity index is 2.65. The van der Waals surface area contributed by atoms with Crippen molar-refractivity contribution >= 4 is 11.6 Å². The van der Waals surface area contributed by atoms with E-state index in [1.54, 1.807) is 7.11 Å². The first kappa shape index (κ1) is 15.3. The number of alkyl halides is 1. The van der Waals surface area contributed by atoms with E-state index in [0.717, 1.165) is 30.9 Å². The van der Waals surface area contributed by atoms with Crippen LogP contribution in [-0.4, -0.2) is 31.6 Å². The Morgan fingerprint density at radius 1 is 1.28 bits per heavy atom. The van der Waals surface area contributed by atoms with Gasteiger partial charge in [-0.15, -0.1) is 11.6 Å². The molecule has 0 heterocycles. The topological polar surface area (TPSA) is 12.5 Å². The van der Waals surface area contributed by atoms with Crippen molar-refractivity contribution in [3.63, 3.8) is 0 Å². The van der Waals surface area contributed by atoms with E-state index in [4.69, 9.17) is 16.3 Å². The molecule has 1 atom stereocenters. The molecular weight excluding hydrogens is 246 g/mol. The standard InChI is InChI=1S/C15H24ClNO/c1-4-6-11-17(5-2)12-14(16)13-9-7-8-10-15(13)18-3/h7-10,14H,4-6,11-12H2,1-3H3. The van der Waals surface area contributed by atoms with E-state index in [-0.39, 0.29) is 5.38 Å². The molecule has 0 saturated heterocycles. The molecule has 0 saturated carbocycles. The quantitative estimate of drug-likeness (QED) is 0.659. The average molecular weight is 270 g/mol. The maximum absolute atomic E-state index is 6.52. The summed E-state index contributed by atoms with van der Waals surface area (Å²) in [7, 11) is 1.69. The first-order chi connectivity index (χ1) is 8.72. The number of benzene rings is 1. The van der Waals surface area contributed by atoms with E-state index in [1.807, 2.05) is 24.3 Å². The van der Waals surface area contributed by atoms with Crippen molar-refractivity contribution in [2.75, 3.05) is 26.7 Å². The highest BCUT2D eigenvalue weighted by Gasteiger charge is 2.15. The average Bonchev–Trinajstić information content (AvgIpc) is 2.43. The lowest BCUT2D eigenvalue weighted by Crippen LogP contribution is -2.28. The summed E-state index contributed by atoms with van der Waals surface area (Å²) < 4.78 is 5.36. The van der Waals surface area contributed by atoms with Gasteiger partial charge in [-0.05, 0) is 25.6 Å². The highest BCUT2D eigenvalue weighted by molar-refractivity contribution is 6.21. The highest BCUT2D eigenvalue weighted by atomic mass is 35.5. The van der Waals surface area contributed by atoms with E-state index in [9.17, 15) is 0 Å². The third-order valence-corrected chi connectivity index (χ3v) is 3.54. The van der Waals surface area contributed by atoms with Crippen LogP contribution in [0.15, 0.2) is 24.3 Å². The van der Waals surface area contributed by atoms with Crippen LogP contribution >= 0.6 is 11.6 Å². The first-order valence-electron chi connectivity index (χ1n) is 6.72. The number of hydrogen-bond donors (Lipinski definition) is 0. The number of methoxy groups -OCH3 is 1. The molecule has 0 bridgehead atoms. The number of rotatable bonds is 8. The zero-order valence-corrected chi connectivity index (χ0v) is 12.4. The van der Waals surface area contributed by atoms with Gasteiger partial charge in [0.05, 0.1) is 12.5 Å². The lowest BCUT2D eigenvalue weighted by molar-refractivity contribution is 0.282. The molecule has 0 spiro atoms. The summed E-state index contributed by atoms with van der Waals surface area (Å²) in [6.45, 7) is 7.43. The molecule has 0 aliphatic rings. The number of para-hydroxylation sites is 1. The summed E-state index contributed by atoms with van der Waals surface area (Å²) in [5.41, 5.74) is 1.08. The van der Waals surface area contributed by atoms with Gasteiger partial charge in [-0.2, -0.15) is 0 Å². The Bertz CT molecular complexity index is 343. The molecule has 1 aromatic rings. The summed E-state index contributed by atoms with van der Waals surface area (Å²) in [5.74, 6) is 0.879. The molecule has 18 heavy (non-hydrogen) atoms. The molecular formula is C15H24ClNO. The molecule has 3 heteroatoms. The van der Waals surface area contributed by atoms with Crippen molar-refractivity contribution in [1.29, 1.82) is 0 Å². The second-order valence-electron chi connectivity index (χ2n) is 4.46. The van der Waals surface area contributed by atoms with Gasteiger partial charge in [0.2, 0.25) is 0 Å². The van der Waals surface area contributed by atoms with Crippen LogP contribution in [0.25, 0.3) is 0 Å². The fourth-order valence-corrected chi connectivity index (χ4v) is 2.39. The van der Waals surface area contributed by atoms with Gasteiger partial charge >= 0.3 is 0 Å². The van der Waals surface area contributed by atoms with Crippen molar-refractivity contribution in [1.82, 2.24) is 4.90 Å². The van der Waals surface area contributed by atoms with E-state index in [2.05, 4.69) is 18.7 Å². The van der Waals surface area contributed by atoms with Crippen LogP contribution in [0.1, 0.15) is 37.6 Å². The molecule has 0 N–H and O–H groups in total. The number of nitrogens with zero attached hydrogens (tertiary/aromatic N) is 1. The normalized spacial score (nSPS) is 12.7. The van der Waals surface area contributed by atoms with E-state index < -0.39 is 0 Å². The summed E-state index contributed by atoms with van der Waals surface area (Å²) >= 11 is 6.52. The fraction of sp³-hybridized carbons (Fsp3) is 0.600. The molecule has 1 aromatic carbocycles. The van der Waals surface area contributed by atoms with Gasteiger partial charge in [-0.25, -0.2) is 0 Å². The molecule has 0 aliphatic carbocycles. The third-order valence-electron chi connectivity index (χ3n) is 3.17. The van der Waals surface area contributed by atoms with Crippen LogP contribution in [0.2, 0.25) is 0 Å². The number of likely N-dealkylation sites (N-methyl/N-ethyl adjacent to an activating group) is 1. The van der Waals surface area contributed by atoms with Gasteiger partial charge in [0.25, 0.3) is 0 Å². The molecule has 0 radical (unpaired) electrons. The predicted molar refractivity (Wildman–Crippen MR) is 78.6 cm³/mol. The second-order valence-corrected chi connectivity index (χ2v) is 4.98. The minimum atomic E-state index is -0.0158. The van der Waals surface area contributed by atoms with Gasteiger partial charge in [0, 0.05) is 12.1 Å². The number of ether oxygens (including phenoxy) is 1. The number of halogens is 1. The molecule has 102 valence electrons. The molecule has 1 rings (SSSR count). The molecule has 0 amide bonds. The van der Waals surface area contributed by atoms with Gasteiger partial charge < -0.3 is 9.64 Å². The molecule has 1 unspecified atom stereocenters. The first-order valence-corrected chi connectivity index (χ1v) is 7.15. The lowest BCUT2D eigenvalue weighted by Gasteiger charge is -2.24. The van der Waals surface area contributed by atoms with Gasteiger partial charge in [0.15, 0.2) is 0 Å². The Morgan fingerprint density at radius 3 is 2.61 bits per heavy atom. The van der Waals surface area contributed by atoms with Crippen LogP contribution < -0.4 is 4.74 Å². The van der Waals surface area contributed by atoms with Crippen LogP contribution in [0.4, 0.5) is 0 Å². The van der Waals surface area contributed by atoms with Gasteiger partial charge in [0.1, 0.15) is 5.75 Å². The van der Waals surface area contributed by atoms with Crippen molar-refractivity contribution in [3.8, 4) is 5.75 Å². The van der Waals surface area contributed by atoms with E-state index in [0.29, 0.717) is 0 Å². The second kappa shape index (κ2) is 8.39. The Morgan fingerprint density at radius 2 is 2.00 bits per heavy atom. The smallest absolute Gasteiger partial charge is 0.123 e. The zero-order valence-electron chi connectivity index (χ0n) is 11.7. The summed E-state index contributed by atoms with van der Waals surface area (Å²) in [5, 5.41) is -0.0158. The monoisotopic (exact) mass is 269 g/mol. The minimum absolute atomic E-state index is 0.0158. The van der Waals surface area contributed by atoms with Gasteiger partial charge in [-0.1, -0.05) is 38.5 Å². The van der Waals surface area contributed by atoms with Crippen LogP contribution in [0, 0.1) is 0 Å². The fourth-order valence-electron chi connectivity index (χ4n) is 2.01. The third kappa shape index (κ3) is 4.51. The maximum Gasteiger partial charge on any atom is 0.123 e.